The molecule has 4 nitrogen and oxygen atoms in total. The van der Waals surface area contributed by atoms with Crippen LogP contribution in [0.15, 0.2) is 0 Å². The predicted octanol–water partition coefficient (Wildman–Crippen LogP) is 4.86. The van der Waals surface area contributed by atoms with Gasteiger partial charge in [0.2, 0.25) is 11.8 Å². The van der Waals surface area contributed by atoms with E-state index in [0.717, 1.165) is 0 Å². The van der Waals surface area contributed by atoms with Crippen molar-refractivity contribution in [3.63, 3.8) is 0 Å². The van der Waals surface area contributed by atoms with Crippen molar-refractivity contribution in [3.8, 4) is 0 Å². The second-order valence-corrected chi connectivity index (χ2v) is 10.4. The van der Waals surface area contributed by atoms with Gasteiger partial charge in [-0.2, -0.15) is 0 Å². The van der Waals surface area contributed by atoms with Gasteiger partial charge >= 0.3 is 0 Å². The van der Waals surface area contributed by atoms with E-state index in [-0.39, 0.29) is 51.0 Å². The summed E-state index contributed by atoms with van der Waals surface area (Å²) in [6.45, 7) is 27.9. The molecule has 0 aliphatic rings. The molecule has 2 amide bonds. The Bertz CT molecular complexity index is 363. The van der Waals surface area contributed by atoms with Crippen molar-refractivity contribution in [2.45, 2.75) is 119 Å². The second-order valence-electron chi connectivity index (χ2n) is 10.4. The fourth-order valence-corrected chi connectivity index (χ4v) is 3.90. The first-order chi connectivity index (χ1) is 10.1. The van der Waals surface area contributed by atoms with Crippen molar-refractivity contribution in [1.29, 1.82) is 0 Å². The van der Waals surface area contributed by atoms with Crippen LogP contribution >= 0.6 is 0 Å². The molecule has 0 aliphatic heterocycles. The summed E-state index contributed by atoms with van der Waals surface area (Å²) in [6.07, 6.45) is 0. The summed E-state index contributed by atoms with van der Waals surface area (Å²) >= 11 is 0. The van der Waals surface area contributed by atoms with E-state index in [1.165, 1.54) is 0 Å². The number of amides is 2. The molecule has 0 unspecified atom stereocenters. The summed E-state index contributed by atoms with van der Waals surface area (Å²) in [7, 11) is 0. The number of carbonyl (C=O) groups excluding carboxylic acids is 2. The van der Waals surface area contributed by atoms with E-state index in [1.807, 2.05) is 9.80 Å². The standard InChI is InChI=1S/2C10H21NO.Fe/c2*1-8(12)11(9(2,3)4)10(5,6)7;/h2*1-7H3;. The van der Waals surface area contributed by atoms with Crippen LogP contribution in [0.2, 0.25) is 0 Å². The number of hydrogen-bond donors (Lipinski definition) is 0. The summed E-state index contributed by atoms with van der Waals surface area (Å²) in [4.78, 5) is 26.5. The van der Waals surface area contributed by atoms with E-state index in [4.69, 9.17) is 0 Å². The maximum absolute atomic E-state index is 11.4. The van der Waals surface area contributed by atoms with Crippen molar-refractivity contribution in [1.82, 2.24) is 9.80 Å². The van der Waals surface area contributed by atoms with Crippen LogP contribution in [0, 0.1) is 0 Å². The minimum absolute atomic E-state index is 0. The third kappa shape index (κ3) is 10.9. The Kier molecular flexibility index (Phi) is 11.0. The zero-order valence-corrected chi connectivity index (χ0v) is 20.2. The van der Waals surface area contributed by atoms with Gasteiger partial charge < -0.3 is 9.80 Å². The fraction of sp³-hybridized carbons (Fsp3) is 0.900. The Morgan fingerprint density at radius 1 is 0.480 bits per heavy atom. The number of carbonyl (C=O) groups is 2. The summed E-state index contributed by atoms with van der Waals surface area (Å²) in [5.74, 6) is 0.269. The van der Waals surface area contributed by atoms with Gasteiger partial charge in [-0.05, 0) is 83.1 Å². The molecule has 0 atom stereocenters. The van der Waals surface area contributed by atoms with Gasteiger partial charge in [0.25, 0.3) is 0 Å². The average Bonchev–Trinajstić information content (AvgIpc) is 2.03. The van der Waals surface area contributed by atoms with Gasteiger partial charge in [0, 0.05) is 53.1 Å². The van der Waals surface area contributed by atoms with Crippen molar-refractivity contribution in [2.75, 3.05) is 0 Å². The Balaban J connectivity index is -0.000000372. The van der Waals surface area contributed by atoms with E-state index >= 15 is 0 Å². The minimum Gasteiger partial charge on any atom is -0.333 e. The normalized spacial score (nSPS) is 12.4. The van der Waals surface area contributed by atoms with Crippen LogP contribution in [0.5, 0.6) is 0 Å². The van der Waals surface area contributed by atoms with Crippen molar-refractivity contribution < 1.29 is 26.7 Å². The van der Waals surface area contributed by atoms with Crippen LogP contribution < -0.4 is 0 Å². The summed E-state index contributed by atoms with van der Waals surface area (Å²) in [5.41, 5.74) is -0.373. The van der Waals surface area contributed by atoms with E-state index in [0.29, 0.717) is 0 Å². The number of nitrogens with zero attached hydrogens (tertiary/aromatic N) is 2. The van der Waals surface area contributed by atoms with E-state index in [2.05, 4.69) is 83.1 Å². The van der Waals surface area contributed by atoms with Gasteiger partial charge in [-0.3, -0.25) is 9.59 Å². The fourth-order valence-electron chi connectivity index (χ4n) is 3.90. The van der Waals surface area contributed by atoms with Crippen LogP contribution in [-0.4, -0.2) is 43.8 Å². The third-order valence-corrected chi connectivity index (χ3v) is 3.31. The van der Waals surface area contributed by atoms with Crippen LogP contribution in [0.3, 0.4) is 0 Å². The van der Waals surface area contributed by atoms with Crippen LogP contribution in [0.25, 0.3) is 0 Å². The number of hydrogen-bond acceptors (Lipinski definition) is 2. The summed E-state index contributed by atoms with van der Waals surface area (Å²) in [5, 5.41) is 0. The molecule has 0 radical (unpaired) electrons. The second kappa shape index (κ2) is 9.41. The van der Waals surface area contributed by atoms with Gasteiger partial charge in [-0.15, -0.1) is 0 Å². The Morgan fingerprint density at radius 2 is 0.600 bits per heavy atom. The Labute approximate surface area is 167 Å². The van der Waals surface area contributed by atoms with Crippen LogP contribution in [0.4, 0.5) is 0 Å². The molecule has 0 aromatic heterocycles. The Hall–Kier alpha value is -0.541. The molecule has 0 heterocycles. The first-order valence-electron chi connectivity index (χ1n) is 8.75. The zero-order valence-electron chi connectivity index (χ0n) is 19.1. The van der Waals surface area contributed by atoms with Crippen LogP contribution in [-0.2, 0) is 26.7 Å². The molecular weight excluding hydrogens is 356 g/mol. The average molecular weight is 398 g/mol. The first-order valence-corrected chi connectivity index (χ1v) is 8.75. The molecule has 0 saturated heterocycles. The first kappa shape index (κ1) is 29.2. The SMILES string of the molecule is CC(=O)N(C(C)(C)C)C(C)(C)C.CC(=O)N(C(C)(C)C)C(C)(C)C.[Fe]. The smallest absolute Gasteiger partial charge is 0.220 e. The maximum Gasteiger partial charge on any atom is 0.220 e. The molecule has 152 valence electrons. The van der Waals surface area contributed by atoms with Gasteiger partial charge in [-0.25, -0.2) is 0 Å². The van der Waals surface area contributed by atoms with E-state index < -0.39 is 0 Å². The summed E-state index contributed by atoms with van der Waals surface area (Å²) in [6, 6.07) is 0. The van der Waals surface area contributed by atoms with Gasteiger partial charge in [0.1, 0.15) is 0 Å². The minimum atomic E-state index is -0.0932. The maximum atomic E-state index is 11.4. The largest absolute Gasteiger partial charge is 0.333 e. The zero-order chi connectivity index (χ0) is 20.3. The molecule has 5 heteroatoms. The monoisotopic (exact) mass is 398 g/mol. The molecule has 0 fully saturated rings. The van der Waals surface area contributed by atoms with Gasteiger partial charge in [0.05, 0.1) is 0 Å². The summed E-state index contributed by atoms with van der Waals surface area (Å²) < 4.78 is 0. The molecule has 0 saturated carbocycles. The van der Waals surface area contributed by atoms with E-state index in [9.17, 15) is 9.59 Å². The van der Waals surface area contributed by atoms with Gasteiger partial charge in [0.15, 0.2) is 0 Å². The molecule has 0 rings (SSSR count). The predicted molar refractivity (Wildman–Crippen MR) is 104 cm³/mol. The van der Waals surface area contributed by atoms with E-state index in [1.54, 1.807) is 13.8 Å². The molecule has 0 aromatic rings. The molecule has 0 aliphatic carbocycles. The van der Waals surface area contributed by atoms with Crippen molar-refractivity contribution >= 4 is 11.8 Å². The quantitative estimate of drug-likeness (QED) is 0.547. The number of rotatable bonds is 0. The topological polar surface area (TPSA) is 40.6 Å². The molecule has 0 aromatic carbocycles. The Morgan fingerprint density at radius 3 is 0.600 bits per heavy atom. The van der Waals surface area contributed by atoms with Crippen LogP contribution in [0.1, 0.15) is 96.9 Å². The van der Waals surface area contributed by atoms with Gasteiger partial charge in [-0.1, -0.05) is 0 Å². The molecule has 0 N–H and O–H groups in total. The molecule has 0 spiro atoms. The third-order valence-electron chi connectivity index (χ3n) is 3.31. The van der Waals surface area contributed by atoms with Crippen molar-refractivity contribution in [2.24, 2.45) is 0 Å². The van der Waals surface area contributed by atoms with Crippen molar-refractivity contribution in [3.05, 3.63) is 0 Å². The molecule has 25 heavy (non-hydrogen) atoms. The molecule has 0 bridgehead atoms. The molecular formula is C20H42FeN2O2.